The fourth-order valence-electron chi connectivity index (χ4n) is 6.06. The van der Waals surface area contributed by atoms with Crippen molar-refractivity contribution in [3.8, 4) is 44.8 Å². The molecule has 5 aromatic carbocycles. The minimum atomic E-state index is 0.854. The summed E-state index contributed by atoms with van der Waals surface area (Å²) >= 11 is 0. The van der Waals surface area contributed by atoms with Gasteiger partial charge in [-0.05, 0) is 92.7 Å². The molecule has 0 atom stereocenters. The Bertz CT molecular complexity index is 1990. The molecule has 0 saturated heterocycles. The number of hydrogen-bond donors (Lipinski definition) is 0. The van der Waals surface area contributed by atoms with Crippen molar-refractivity contribution in [2.75, 3.05) is 4.90 Å². The minimum absolute atomic E-state index is 0.854. The van der Waals surface area contributed by atoms with Gasteiger partial charge in [-0.15, -0.1) is 0 Å². The van der Waals surface area contributed by atoms with Crippen LogP contribution in [-0.2, 0) is 0 Å². The summed E-state index contributed by atoms with van der Waals surface area (Å²) in [6, 6.07) is 49.3. The second kappa shape index (κ2) is 9.58. The van der Waals surface area contributed by atoms with Crippen LogP contribution in [0.1, 0.15) is 0 Å². The molecule has 1 aliphatic carbocycles. The summed E-state index contributed by atoms with van der Waals surface area (Å²) in [6.45, 7) is 0. The number of pyridine rings is 2. The zero-order chi connectivity index (χ0) is 27.2. The minimum Gasteiger partial charge on any atom is -0.309 e. The Morgan fingerprint density at radius 1 is 0.390 bits per heavy atom. The van der Waals surface area contributed by atoms with Gasteiger partial charge in [0, 0.05) is 17.6 Å². The molecule has 41 heavy (non-hydrogen) atoms. The Morgan fingerprint density at radius 2 is 1.02 bits per heavy atom. The number of aromatic nitrogens is 2. The average Bonchev–Trinajstić information content (AvgIpc) is 3.38. The van der Waals surface area contributed by atoms with Crippen LogP contribution in [0.3, 0.4) is 0 Å². The molecule has 1 aliphatic rings. The van der Waals surface area contributed by atoms with E-state index in [9.17, 15) is 0 Å². The normalized spacial score (nSPS) is 11.4. The van der Waals surface area contributed by atoms with E-state index in [1.54, 1.807) is 6.20 Å². The summed E-state index contributed by atoms with van der Waals surface area (Å²) in [6.07, 6.45) is 3.72. The van der Waals surface area contributed by atoms with E-state index in [1.165, 1.54) is 44.2 Å². The molecule has 2 heterocycles. The van der Waals surface area contributed by atoms with E-state index in [2.05, 4.69) is 119 Å². The second-order valence-electron chi connectivity index (χ2n) is 10.3. The van der Waals surface area contributed by atoms with Gasteiger partial charge < -0.3 is 4.90 Å². The Balaban J connectivity index is 1.19. The zero-order valence-corrected chi connectivity index (χ0v) is 22.3. The van der Waals surface area contributed by atoms with Gasteiger partial charge >= 0.3 is 0 Å². The first-order valence-corrected chi connectivity index (χ1v) is 13.8. The lowest BCUT2D eigenvalue weighted by atomic mass is 9.94. The van der Waals surface area contributed by atoms with E-state index in [0.717, 1.165) is 28.5 Å². The fourth-order valence-corrected chi connectivity index (χ4v) is 6.06. The maximum atomic E-state index is 4.76. The van der Waals surface area contributed by atoms with Crippen LogP contribution in [0.4, 0.5) is 17.1 Å². The van der Waals surface area contributed by atoms with Crippen molar-refractivity contribution in [2.24, 2.45) is 0 Å². The molecule has 3 nitrogen and oxygen atoms in total. The van der Waals surface area contributed by atoms with Gasteiger partial charge in [0.25, 0.3) is 0 Å². The molecule has 0 radical (unpaired) electrons. The van der Waals surface area contributed by atoms with Crippen molar-refractivity contribution in [2.45, 2.75) is 0 Å². The SMILES string of the molecule is c1ccc(N(c2ccc(-c3ccc4c5c(cccc35)-c3ccccc3-4)cc2)c2ccc(-c3ccccn3)nc2)cc1. The van der Waals surface area contributed by atoms with Crippen molar-refractivity contribution in [3.63, 3.8) is 0 Å². The lowest BCUT2D eigenvalue weighted by Gasteiger charge is -2.25. The van der Waals surface area contributed by atoms with Gasteiger partial charge in [-0.2, -0.15) is 0 Å². The highest BCUT2D eigenvalue weighted by molar-refractivity contribution is 6.18. The molecule has 0 aliphatic heterocycles. The van der Waals surface area contributed by atoms with Crippen LogP contribution in [0, 0.1) is 0 Å². The highest BCUT2D eigenvalue weighted by Crippen LogP contribution is 2.49. The van der Waals surface area contributed by atoms with Gasteiger partial charge in [-0.1, -0.05) is 91.0 Å². The van der Waals surface area contributed by atoms with Gasteiger partial charge in [0.1, 0.15) is 0 Å². The summed E-state index contributed by atoms with van der Waals surface area (Å²) in [5.74, 6) is 0. The van der Waals surface area contributed by atoms with Crippen LogP contribution in [0.15, 0.2) is 152 Å². The molecule has 0 amide bonds. The highest BCUT2D eigenvalue weighted by Gasteiger charge is 2.22. The van der Waals surface area contributed by atoms with Crippen LogP contribution in [0.2, 0.25) is 0 Å². The standard InChI is InChI=1S/C38H25N3/c1-2-9-27(10-3-1)41(29-20-23-37(40-25-29)36-15-6-7-24-39-36)28-18-16-26(17-19-28)30-21-22-35-32-12-5-4-11-31(32)34-14-8-13-33(30)38(34)35/h1-25H. The molecule has 0 spiro atoms. The highest BCUT2D eigenvalue weighted by atomic mass is 15.1. The summed E-state index contributed by atoms with van der Waals surface area (Å²) in [5.41, 5.74) is 12.6. The van der Waals surface area contributed by atoms with Crippen LogP contribution in [0.25, 0.3) is 55.5 Å². The number of benzene rings is 5. The fraction of sp³-hybridized carbons (Fsp3) is 0. The molecule has 0 N–H and O–H groups in total. The number of para-hydroxylation sites is 1. The lowest BCUT2D eigenvalue weighted by Crippen LogP contribution is -2.10. The molecule has 0 bridgehead atoms. The summed E-state index contributed by atoms with van der Waals surface area (Å²) in [7, 11) is 0. The van der Waals surface area contributed by atoms with Crippen LogP contribution < -0.4 is 4.90 Å². The van der Waals surface area contributed by atoms with Crippen molar-refractivity contribution in [3.05, 3.63) is 152 Å². The lowest BCUT2D eigenvalue weighted by molar-refractivity contribution is 1.21. The van der Waals surface area contributed by atoms with Gasteiger partial charge in [-0.3, -0.25) is 9.97 Å². The summed E-state index contributed by atoms with van der Waals surface area (Å²) < 4.78 is 0. The first kappa shape index (κ1) is 23.4. The second-order valence-corrected chi connectivity index (χ2v) is 10.3. The van der Waals surface area contributed by atoms with E-state index >= 15 is 0 Å². The molecular formula is C38H25N3. The quantitative estimate of drug-likeness (QED) is 0.225. The molecule has 2 aromatic heterocycles. The molecule has 8 rings (SSSR count). The third kappa shape index (κ3) is 3.90. The Morgan fingerprint density at radius 3 is 1.76 bits per heavy atom. The van der Waals surface area contributed by atoms with Crippen LogP contribution in [0.5, 0.6) is 0 Å². The monoisotopic (exact) mass is 523 g/mol. The Hall–Kier alpha value is -5.54. The van der Waals surface area contributed by atoms with Crippen LogP contribution >= 0.6 is 0 Å². The maximum Gasteiger partial charge on any atom is 0.0887 e. The molecule has 0 fully saturated rings. The summed E-state index contributed by atoms with van der Waals surface area (Å²) in [4.78, 5) is 11.4. The third-order valence-corrected chi connectivity index (χ3v) is 7.93. The maximum absolute atomic E-state index is 4.76. The van der Waals surface area contributed by atoms with Gasteiger partial charge in [0.2, 0.25) is 0 Å². The van der Waals surface area contributed by atoms with E-state index in [0.29, 0.717) is 0 Å². The first-order valence-electron chi connectivity index (χ1n) is 13.8. The number of rotatable bonds is 5. The van der Waals surface area contributed by atoms with Gasteiger partial charge in [0.15, 0.2) is 0 Å². The molecule has 192 valence electrons. The first-order chi connectivity index (χ1) is 20.3. The molecule has 3 heteroatoms. The number of hydrogen-bond acceptors (Lipinski definition) is 3. The molecular weight excluding hydrogens is 498 g/mol. The smallest absolute Gasteiger partial charge is 0.0887 e. The molecule has 0 saturated carbocycles. The van der Waals surface area contributed by atoms with Crippen LogP contribution in [-0.4, -0.2) is 9.97 Å². The van der Waals surface area contributed by atoms with E-state index in [1.807, 2.05) is 36.5 Å². The topological polar surface area (TPSA) is 29.0 Å². The van der Waals surface area contributed by atoms with Gasteiger partial charge in [0.05, 0.1) is 23.3 Å². The average molecular weight is 524 g/mol. The largest absolute Gasteiger partial charge is 0.309 e. The molecule has 0 unspecified atom stereocenters. The predicted molar refractivity (Wildman–Crippen MR) is 170 cm³/mol. The summed E-state index contributed by atoms with van der Waals surface area (Å²) in [5, 5.41) is 2.64. The zero-order valence-electron chi connectivity index (χ0n) is 22.3. The Labute approximate surface area is 239 Å². The van der Waals surface area contributed by atoms with E-state index in [-0.39, 0.29) is 0 Å². The third-order valence-electron chi connectivity index (χ3n) is 7.93. The van der Waals surface area contributed by atoms with Crippen molar-refractivity contribution < 1.29 is 0 Å². The van der Waals surface area contributed by atoms with Crippen molar-refractivity contribution in [1.82, 2.24) is 9.97 Å². The number of nitrogens with zero attached hydrogens (tertiary/aromatic N) is 3. The van der Waals surface area contributed by atoms with E-state index in [4.69, 9.17) is 4.98 Å². The van der Waals surface area contributed by atoms with E-state index < -0.39 is 0 Å². The number of anilines is 3. The Kier molecular flexibility index (Phi) is 5.46. The van der Waals surface area contributed by atoms with Gasteiger partial charge in [-0.25, -0.2) is 0 Å². The number of fused-ring (bicyclic) bond motifs is 3. The van der Waals surface area contributed by atoms with Crippen molar-refractivity contribution in [1.29, 1.82) is 0 Å². The van der Waals surface area contributed by atoms with Crippen molar-refractivity contribution >= 4 is 27.8 Å². The molecule has 7 aromatic rings. The predicted octanol–water partition coefficient (Wildman–Crippen LogP) is 10.1.